The van der Waals surface area contributed by atoms with Crippen LogP contribution in [0.4, 0.5) is 5.69 Å². The zero-order valence-corrected chi connectivity index (χ0v) is 14.8. The molecule has 2 bridgehead atoms. The molecule has 132 valence electrons. The molecule has 1 aromatic rings. The van der Waals surface area contributed by atoms with Crippen LogP contribution in [0.25, 0.3) is 0 Å². The lowest BCUT2D eigenvalue weighted by Crippen LogP contribution is -2.40. The summed E-state index contributed by atoms with van der Waals surface area (Å²) in [5.74, 6) is -1.45. The van der Waals surface area contributed by atoms with Gasteiger partial charge in [0.25, 0.3) is 0 Å². The predicted octanol–water partition coefficient (Wildman–Crippen LogP) is 2.49. The van der Waals surface area contributed by atoms with Crippen molar-refractivity contribution < 1.29 is 19.1 Å². The highest BCUT2D eigenvalue weighted by Crippen LogP contribution is 2.52. The number of aryl methyl sites for hydroxylation is 1. The summed E-state index contributed by atoms with van der Waals surface area (Å²) in [6, 6.07) is 8.00. The summed E-state index contributed by atoms with van der Waals surface area (Å²) in [5, 5.41) is 0. The third-order valence-corrected chi connectivity index (χ3v) is 5.38. The molecule has 5 nitrogen and oxygen atoms in total. The van der Waals surface area contributed by atoms with E-state index in [2.05, 4.69) is 6.92 Å². The third kappa shape index (κ3) is 2.41. The minimum absolute atomic E-state index is 0.0539. The lowest BCUT2D eigenvalue weighted by molar-refractivity contribution is -0.156. The molecule has 0 saturated carbocycles. The van der Waals surface area contributed by atoms with E-state index in [0.29, 0.717) is 6.54 Å². The van der Waals surface area contributed by atoms with E-state index in [-0.39, 0.29) is 24.1 Å². The van der Waals surface area contributed by atoms with E-state index in [4.69, 9.17) is 9.47 Å². The summed E-state index contributed by atoms with van der Waals surface area (Å²) in [6.07, 6.45) is 4.25. The number of ether oxygens (including phenoxy) is 2. The predicted molar refractivity (Wildman–Crippen MR) is 93.1 cm³/mol. The van der Waals surface area contributed by atoms with E-state index in [1.54, 1.807) is 4.90 Å². The fourth-order valence-corrected chi connectivity index (χ4v) is 4.21. The van der Waals surface area contributed by atoms with Gasteiger partial charge in [0.2, 0.25) is 5.91 Å². The van der Waals surface area contributed by atoms with Crippen LogP contribution in [0.2, 0.25) is 0 Å². The van der Waals surface area contributed by atoms with Crippen LogP contribution in [0.5, 0.6) is 0 Å². The summed E-state index contributed by atoms with van der Waals surface area (Å²) < 4.78 is 11.5. The van der Waals surface area contributed by atoms with Crippen LogP contribution in [-0.2, 0) is 25.5 Å². The molecule has 3 aliphatic heterocycles. The molecule has 3 aliphatic rings. The molecule has 2 saturated heterocycles. The van der Waals surface area contributed by atoms with Gasteiger partial charge in [0.15, 0.2) is 0 Å². The normalized spacial score (nSPS) is 32.6. The minimum atomic E-state index is -0.703. The summed E-state index contributed by atoms with van der Waals surface area (Å²) >= 11 is 0. The molecule has 0 aromatic heterocycles. The maximum atomic E-state index is 13.1. The van der Waals surface area contributed by atoms with Gasteiger partial charge in [0, 0.05) is 5.69 Å². The number of fused-ring (bicyclic) bond motifs is 1. The second kappa shape index (κ2) is 5.70. The molecule has 25 heavy (non-hydrogen) atoms. The Hall–Kier alpha value is -2.14. The molecule has 4 rings (SSSR count). The van der Waals surface area contributed by atoms with E-state index in [1.165, 1.54) is 5.56 Å². The highest BCUT2D eigenvalue weighted by atomic mass is 16.6. The molecular formula is C20H23NO4. The smallest absolute Gasteiger partial charge is 0.313 e. The topological polar surface area (TPSA) is 55.8 Å². The standard InChI is InChI=1S/C20H23NO4/c1-4-13-5-7-14(8-6-13)21-11-20-10-9-15(25-20)16(17(20)18(21)22)19(23)24-12(2)3/h5-10,12,15-17H,4,11H2,1-3H3/t15-,16+,17+,20-/m0/s1. The van der Waals surface area contributed by atoms with E-state index in [9.17, 15) is 9.59 Å². The van der Waals surface area contributed by atoms with Crippen LogP contribution < -0.4 is 4.90 Å². The summed E-state index contributed by atoms with van der Waals surface area (Å²) in [4.78, 5) is 27.4. The average Bonchev–Trinajstić information content (AvgIpc) is 3.22. The highest BCUT2D eigenvalue weighted by molar-refractivity contribution is 6.02. The summed E-state index contributed by atoms with van der Waals surface area (Å²) in [5.41, 5.74) is 1.37. The Morgan fingerprint density at radius 1 is 1.36 bits per heavy atom. The maximum absolute atomic E-state index is 13.1. The molecule has 1 amide bonds. The van der Waals surface area contributed by atoms with E-state index >= 15 is 0 Å². The first-order valence-corrected chi connectivity index (χ1v) is 8.93. The van der Waals surface area contributed by atoms with Crippen LogP contribution in [0.15, 0.2) is 36.4 Å². The number of amides is 1. The lowest BCUT2D eigenvalue weighted by Gasteiger charge is -2.23. The Labute approximate surface area is 147 Å². The summed E-state index contributed by atoms with van der Waals surface area (Å²) in [7, 11) is 0. The SMILES string of the molecule is CCc1ccc(N2C[C@]34C=C[C@H](O3)[C@@H](C(=O)OC(C)C)[C@@H]4C2=O)cc1. The van der Waals surface area contributed by atoms with Gasteiger partial charge in [-0.2, -0.15) is 0 Å². The van der Waals surface area contributed by atoms with Crippen molar-refractivity contribution in [3.63, 3.8) is 0 Å². The van der Waals surface area contributed by atoms with Crippen LogP contribution in [-0.4, -0.2) is 36.2 Å². The first-order valence-electron chi connectivity index (χ1n) is 8.93. The molecular weight excluding hydrogens is 318 g/mol. The number of nitrogens with zero attached hydrogens (tertiary/aromatic N) is 1. The minimum Gasteiger partial charge on any atom is -0.463 e. The monoisotopic (exact) mass is 341 g/mol. The van der Waals surface area contributed by atoms with Crippen molar-refractivity contribution in [2.45, 2.75) is 45.0 Å². The second-order valence-electron chi connectivity index (χ2n) is 7.33. The molecule has 2 fully saturated rings. The van der Waals surface area contributed by atoms with E-state index < -0.39 is 17.4 Å². The van der Waals surface area contributed by atoms with Crippen LogP contribution >= 0.6 is 0 Å². The van der Waals surface area contributed by atoms with Crippen molar-refractivity contribution in [2.24, 2.45) is 11.8 Å². The molecule has 0 radical (unpaired) electrons. The number of carbonyl (C=O) groups excluding carboxylic acids is 2. The molecule has 1 aromatic carbocycles. The number of rotatable bonds is 4. The van der Waals surface area contributed by atoms with Crippen molar-refractivity contribution in [1.82, 2.24) is 0 Å². The molecule has 5 heteroatoms. The van der Waals surface area contributed by atoms with Gasteiger partial charge in [-0.15, -0.1) is 0 Å². The Balaban J connectivity index is 1.64. The number of esters is 1. The molecule has 0 N–H and O–H groups in total. The van der Waals surface area contributed by atoms with Gasteiger partial charge >= 0.3 is 5.97 Å². The van der Waals surface area contributed by atoms with Crippen LogP contribution in [0.1, 0.15) is 26.3 Å². The van der Waals surface area contributed by atoms with E-state index in [1.807, 2.05) is 50.3 Å². The first kappa shape index (κ1) is 16.3. The first-order chi connectivity index (χ1) is 11.9. The Morgan fingerprint density at radius 3 is 2.72 bits per heavy atom. The largest absolute Gasteiger partial charge is 0.463 e. The average molecular weight is 341 g/mol. The van der Waals surface area contributed by atoms with Crippen molar-refractivity contribution in [2.75, 3.05) is 11.4 Å². The fourth-order valence-electron chi connectivity index (χ4n) is 4.21. The number of benzene rings is 1. The lowest BCUT2D eigenvalue weighted by atomic mass is 9.77. The second-order valence-corrected chi connectivity index (χ2v) is 7.33. The number of hydrogen-bond donors (Lipinski definition) is 0. The third-order valence-electron chi connectivity index (χ3n) is 5.38. The van der Waals surface area contributed by atoms with Gasteiger partial charge in [0.05, 0.1) is 24.7 Å². The highest BCUT2D eigenvalue weighted by Gasteiger charge is 2.67. The van der Waals surface area contributed by atoms with Gasteiger partial charge in [-0.25, -0.2) is 0 Å². The summed E-state index contributed by atoms with van der Waals surface area (Å²) in [6.45, 7) is 6.17. The molecule has 0 aliphatic carbocycles. The van der Waals surface area contributed by atoms with Crippen LogP contribution in [0, 0.1) is 11.8 Å². The molecule has 3 heterocycles. The number of hydrogen-bond acceptors (Lipinski definition) is 4. The molecule has 4 atom stereocenters. The zero-order valence-electron chi connectivity index (χ0n) is 14.8. The fraction of sp³-hybridized carbons (Fsp3) is 0.500. The number of anilines is 1. The van der Waals surface area contributed by atoms with E-state index in [0.717, 1.165) is 12.1 Å². The Bertz CT molecular complexity index is 739. The molecule has 0 unspecified atom stereocenters. The molecule has 1 spiro atoms. The van der Waals surface area contributed by atoms with Gasteiger partial charge in [-0.1, -0.05) is 31.2 Å². The van der Waals surface area contributed by atoms with Gasteiger partial charge in [-0.3, -0.25) is 9.59 Å². The van der Waals surface area contributed by atoms with Crippen molar-refractivity contribution in [1.29, 1.82) is 0 Å². The van der Waals surface area contributed by atoms with Gasteiger partial charge in [-0.05, 0) is 38.0 Å². The van der Waals surface area contributed by atoms with Crippen LogP contribution in [0.3, 0.4) is 0 Å². The number of carbonyl (C=O) groups is 2. The van der Waals surface area contributed by atoms with Crippen molar-refractivity contribution >= 4 is 17.6 Å². The quantitative estimate of drug-likeness (QED) is 0.624. The zero-order chi connectivity index (χ0) is 17.8. The Kier molecular flexibility index (Phi) is 3.72. The van der Waals surface area contributed by atoms with Gasteiger partial charge in [0.1, 0.15) is 11.5 Å². The Morgan fingerprint density at radius 2 is 2.08 bits per heavy atom. The van der Waals surface area contributed by atoms with Crippen molar-refractivity contribution in [3.05, 3.63) is 42.0 Å². The van der Waals surface area contributed by atoms with Gasteiger partial charge < -0.3 is 14.4 Å². The maximum Gasteiger partial charge on any atom is 0.313 e. The van der Waals surface area contributed by atoms with Crippen molar-refractivity contribution in [3.8, 4) is 0 Å².